The molecule has 7 heteroatoms. The van der Waals surface area contributed by atoms with Crippen molar-refractivity contribution in [3.63, 3.8) is 0 Å². The van der Waals surface area contributed by atoms with Crippen LogP contribution >= 0.6 is 11.6 Å². The number of amides is 1. The Kier molecular flexibility index (Phi) is 3.04. The summed E-state index contributed by atoms with van der Waals surface area (Å²) in [6, 6.07) is -1.12. The van der Waals surface area contributed by atoms with Gasteiger partial charge in [0.1, 0.15) is 6.04 Å². The number of halogens is 4. The Morgan fingerprint density at radius 2 is 1.93 bits per heavy atom. The van der Waals surface area contributed by atoms with Crippen molar-refractivity contribution in [3.8, 4) is 0 Å². The lowest BCUT2D eigenvalue weighted by atomic mass is 10.2. The minimum Gasteiger partial charge on any atom is -0.324 e. The second kappa shape index (κ2) is 3.76. The lowest BCUT2D eigenvalue weighted by Crippen LogP contribution is -2.45. The summed E-state index contributed by atoms with van der Waals surface area (Å²) in [5.41, 5.74) is 0. The van der Waals surface area contributed by atoms with Gasteiger partial charge < -0.3 is 4.90 Å². The van der Waals surface area contributed by atoms with E-state index in [1.807, 2.05) is 0 Å². The summed E-state index contributed by atoms with van der Waals surface area (Å²) < 4.78 is 36.0. The highest BCUT2D eigenvalue weighted by atomic mass is 35.5. The fourth-order valence-corrected chi connectivity index (χ4v) is 1.64. The van der Waals surface area contributed by atoms with E-state index in [0.29, 0.717) is 11.3 Å². The van der Waals surface area contributed by atoms with Crippen molar-refractivity contribution in [2.75, 3.05) is 6.54 Å². The molecule has 0 bridgehead atoms. The molecule has 0 aromatic rings. The summed E-state index contributed by atoms with van der Waals surface area (Å²) >= 11 is 5.07. The number of rotatable bonds is 1. The Labute approximate surface area is 82.8 Å². The van der Waals surface area contributed by atoms with E-state index in [-0.39, 0.29) is 13.0 Å². The lowest BCUT2D eigenvalue weighted by Gasteiger charge is -2.22. The Balaban J connectivity index is 2.77. The van der Waals surface area contributed by atoms with Gasteiger partial charge in [-0.05, 0) is 24.4 Å². The molecule has 1 rings (SSSR count). The predicted octanol–water partition coefficient (Wildman–Crippen LogP) is 1.31. The van der Waals surface area contributed by atoms with Crippen LogP contribution in [0.3, 0.4) is 0 Å². The molecule has 0 spiro atoms. The molecule has 0 unspecified atom stereocenters. The highest BCUT2D eigenvalue weighted by Crippen LogP contribution is 2.26. The van der Waals surface area contributed by atoms with Crippen LogP contribution in [0.25, 0.3) is 0 Å². The van der Waals surface area contributed by atoms with E-state index in [4.69, 9.17) is 11.6 Å². The van der Waals surface area contributed by atoms with Crippen LogP contribution in [-0.2, 0) is 9.59 Å². The molecule has 1 amide bonds. The maximum absolute atomic E-state index is 12.0. The quantitative estimate of drug-likeness (QED) is 0.636. The Bertz CT molecular complexity index is 266. The van der Waals surface area contributed by atoms with Crippen LogP contribution in [-0.4, -0.2) is 34.8 Å². The minimum atomic E-state index is -4.94. The largest absolute Gasteiger partial charge is 0.471 e. The highest BCUT2D eigenvalue weighted by Gasteiger charge is 2.47. The van der Waals surface area contributed by atoms with Crippen LogP contribution in [0.5, 0.6) is 0 Å². The predicted molar refractivity (Wildman–Crippen MR) is 41.7 cm³/mol. The number of carbonyl (C=O) groups excluding carboxylic acids is 2. The zero-order valence-corrected chi connectivity index (χ0v) is 7.73. The van der Waals surface area contributed by atoms with Crippen LogP contribution in [0.4, 0.5) is 13.2 Å². The summed E-state index contributed by atoms with van der Waals surface area (Å²) in [5, 5.41) is -0.917. The van der Waals surface area contributed by atoms with E-state index in [0.717, 1.165) is 0 Å². The molecular formula is C7H7ClF3NO2. The fourth-order valence-electron chi connectivity index (χ4n) is 1.41. The van der Waals surface area contributed by atoms with Gasteiger partial charge in [-0.3, -0.25) is 9.59 Å². The number of hydrogen-bond acceptors (Lipinski definition) is 2. The number of likely N-dealkylation sites (tertiary alicyclic amines) is 1. The second-order valence-electron chi connectivity index (χ2n) is 2.96. The minimum absolute atomic E-state index is 0.0680. The second-order valence-corrected chi connectivity index (χ2v) is 3.33. The normalized spacial score (nSPS) is 22.6. The first kappa shape index (κ1) is 11.3. The van der Waals surface area contributed by atoms with E-state index in [2.05, 4.69) is 0 Å². The molecule has 1 aliphatic heterocycles. The first-order valence-electron chi connectivity index (χ1n) is 3.91. The number of carbonyl (C=O) groups is 2. The molecule has 0 saturated carbocycles. The molecule has 0 N–H and O–H groups in total. The molecule has 0 aromatic carbocycles. The zero-order chi connectivity index (χ0) is 10.9. The van der Waals surface area contributed by atoms with Gasteiger partial charge in [-0.1, -0.05) is 0 Å². The number of nitrogens with zero attached hydrogens (tertiary/aromatic N) is 1. The van der Waals surface area contributed by atoms with Gasteiger partial charge in [0, 0.05) is 6.54 Å². The van der Waals surface area contributed by atoms with Crippen LogP contribution in [0, 0.1) is 0 Å². The van der Waals surface area contributed by atoms with E-state index in [9.17, 15) is 22.8 Å². The van der Waals surface area contributed by atoms with Crippen molar-refractivity contribution in [2.24, 2.45) is 0 Å². The average molecular weight is 230 g/mol. The van der Waals surface area contributed by atoms with Gasteiger partial charge in [0.25, 0.3) is 0 Å². The maximum atomic E-state index is 12.0. The molecule has 0 aromatic heterocycles. The molecule has 1 saturated heterocycles. The number of alkyl halides is 3. The molecule has 0 aliphatic carbocycles. The first-order chi connectivity index (χ1) is 6.34. The molecule has 14 heavy (non-hydrogen) atoms. The summed E-state index contributed by atoms with van der Waals surface area (Å²) in [5.74, 6) is -1.99. The average Bonchev–Trinajstić information content (AvgIpc) is 2.48. The van der Waals surface area contributed by atoms with E-state index < -0.39 is 23.4 Å². The smallest absolute Gasteiger partial charge is 0.324 e. The van der Waals surface area contributed by atoms with E-state index in [1.165, 1.54) is 0 Å². The van der Waals surface area contributed by atoms with E-state index in [1.54, 1.807) is 0 Å². The van der Waals surface area contributed by atoms with E-state index >= 15 is 0 Å². The summed E-state index contributed by atoms with van der Waals surface area (Å²) in [7, 11) is 0. The molecule has 3 nitrogen and oxygen atoms in total. The molecule has 1 heterocycles. The molecule has 0 radical (unpaired) electrons. The van der Waals surface area contributed by atoms with Gasteiger partial charge in [-0.2, -0.15) is 13.2 Å². The Morgan fingerprint density at radius 1 is 1.36 bits per heavy atom. The molecule has 1 atom stereocenters. The van der Waals surface area contributed by atoms with Crippen LogP contribution in [0.1, 0.15) is 12.8 Å². The van der Waals surface area contributed by atoms with Crippen molar-refractivity contribution in [1.29, 1.82) is 0 Å². The van der Waals surface area contributed by atoms with Crippen LogP contribution in [0.2, 0.25) is 0 Å². The van der Waals surface area contributed by atoms with Gasteiger partial charge >= 0.3 is 12.1 Å². The Hall–Kier alpha value is -0.780. The Morgan fingerprint density at radius 3 is 2.36 bits per heavy atom. The maximum Gasteiger partial charge on any atom is 0.471 e. The van der Waals surface area contributed by atoms with Crippen molar-refractivity contribution in [1.82, 2.24) is 4.90 Å². The molecule has 80 valence electrons. The highest BCUT2D eigenvalue weighted by molar-refractivity contribution is 6.64. The molecular weight excluding hydrogens is 223 g/mol. The van der Waals surface area contributed by atoms with Crippen LogP contribution < -0.4 is 0 Å². The van der Waals surface area contributed by atoms with Gasteiger partial charge in [-0.15, -0.1) is 0 Å². The summed E-state index contributed by atoms with van der Waals surface area (Å²) in [4.78, 5) is 21.9. The van der Waals surface area contributed by atoms with Crippen molar-refractivity contribution < 1.29 is 22.8 Å². The molecule has 1 fully saturated rings. The SMILES string of the molecule is O=C(Cl)[C@H]1CCCN1C(=O)C(F)(F)F. The van der Waals surface area contributed by atoms with Gasteiger partial charge in [-0.25, -0.2) is 0 Å². The van der Waals surface area contributed by atoms with Gasteiger partial charge in [0.2, 0.25) is 5.24 Å². The fraction of sp³-hybridized carbons (Fsp3) is 0.714. The third kappa shape index (κ3) is 2.17. The van der Waals surface area contributed by atoms with Crippen molar-refractivity contribution >= 4 is 22.8 Å². The number of hydrogen-bond donors (Lipinski definition) is 0. The monoisotopic (exact) mass is 229 g/mol. The lowest BCUT2D eigenvalue weighted by molar-refractivity contribution is -0.186. The third-order valence-electron chi connectivity index (χ3n) is 2.02. The van der Waals surface area contributed by atoms with Crippen molar-refractivity contribution in [3.05, 3.63) is 0 Å². The summed E-state index contributed by atoms with van der Waals surface area (Å²) in [6.45, 7) is -0.0680. The van der Waals surface area contributed by atoms with Crippen molar-refractivity contribution in [2.45, 2.75) is 25.1 Å². The van der Waals surface area contributed by atoms with Gasteiger partial charge in [0.15, 0.2) is 0 Å². The zero-order valence-electron chi connectivity index (χ0n) is 6.97. The molecule has 1 aliphatic rings. The standard InChI is InChI=1S/C7H7ClF3NO2/c8-5(13)4-2-1-3-12(4)6(14)7(9,10)11/h4H,1-3H2/t4-/m1/s1. The topological polar surface area (TPSA) is 37.4 Å². The summed E-state index contributed by atoms with van der Waals surface area (Å²) in [6.07, 6.45) is -4.37. The van der Waals surface area contributed by atoms with Crippen LogP contribution in [0.15, 0.2) is 0 Å². The first-order valence-corrected chi connectivity index (χ1v) is 4.29. The van der Waals surface area contributed by atoms with Gasteiger partial charge in [0.05, 0.1) is 0 Å². The third-order valence-corrected chi connectivity index (χ3v) is 2.27.